The number of aryl methyl sites for hydroxylation is 3. The second-order valence-corrected chi connectivity index (χ2v) is 7.84. The van der Waals surface area contributed by atoms with E-state index >= 15 is 0 Å². The zero-order chi connectivity index (χ0) is 21.6. The van der Waals surface area contributed by atoms with Crippen molar-refractivity contribution in [1.29, 1.82) is 0 Å². The van der Waals surface area contributed by atoms with Gasteiger partial charge >= 0.3 is 5.97 Å². The maximum atomic E-state index is 12.8. The summed E-state index contributed by atoms with van der Waals surface area (Å²) in [7, 11) is 1.73. The molecule has 160 valence electrons. The molecule has 1 atom stereocenters. The summed E-state index contributed by atoms with van der Waals surface area (Å²) in [6.45, 7) is 8.74. The second-order valence-electron chi connectivity index (χ2n) is 7.84. The fourth-order valence-electron chi connectivity index (χ4n) is 3.89. The highest BCUT2D eigenvalue weighted by molar-refractivity contribution is 5.94. The van der Waals surface area contributed by atoms with Gasteiger partial charge in [0.15, 0.2) is 0 Å². The van der Waals surface area contributed by atoms with Crippen LogP contribution in [0.2, 0.25) is 0 Å². The Morgan fingerprint density at radius 2 is 1.79 bits per heavy atom. The average Bonchev–Trinajstić information content (AvgIpc) is 2.64. The van der Waals surface area contributed by atoms with E-state index < -0.39 is 6.04 Å². The van der Waals surface area contributed by atoms with Crippen molar-refractivity contribution in [3.63, 3.8) is 0 Å². The standard InChI is InChI=1S/C22H33N3O4/c1-6-29-22(28)18-9-7-8-10-25(18)20(27)14-24(5)13-19(26)23-21-16(3)11-15(2)12-17(21)4/h11-12,18H,6-10,13-14H2,1-5H3,(H,23,26)/t18-/m1/s1. The van der Waals surface area contributed by atoms with Gasteiger partial charge in [-0.15, -0.1) is 0 Å². The molecule has 0 radical (unpaired) electrons. The Bertz CT molecular complexity index is 739. The van der Waals surface area contributed by atoms with Gasteiger partial charge in [0.1, 0.15) is 6.04 Å². The molecule has 1 aromatic rings. The number of likely N-dealkylation sites (tertiary alicyclic amines) is 1. The molecule has 7 nitrogen and oxygen atoms in total. The van der Waals surface area contributed by atoms with Crippen LogP contribution in [0.15, 0.2) is 12.1 Å². The number of likely N-dealkylation sites (N-methyl/N-ethyl adjacent to an activating group) is 1. The average molecular weight is 404 g/mol. The first-order valence-corrected chi connectivity index (χ1v) is 10.2. The topological polar surface area (TPSA) is 79.0 Å². The molecule has 1 saturated heterocycles. The summed E-state index contributed by atoms with van der Waals surface area (Å²) in [5, 5.41) is 2.95. The molecule has 0 saturated carbocycles. The van der Waals surface area contributed by atoms with Crippen molar-refractivity contribution in [3.05, 3.63) is 28.8 Å². The number of nitrogens with zero attached hydrogens (tertiary/aromatic N) is 2. The minimum absolute atomic E-state index is 0.0786. The molecular formula is C22H33N3O4. The highest BCUT2D eigenvalue weighted by Crippen LogP contribution is 2.22. The lowest BCUT2D eigenvalue weighted by Crippen LogP contribution is -2.51. The largest absolute Gasteiger partial charge is 0.464 e. The lowest BCUT2D eigenvalue weighted by molar-refractivity contribution is -0.157. The fraction of sp³-hybridized carbons (Fsp3) is 0.591. The summed E-state index contributed by atoms with van der Waals surface area (Å²) in [4.78, 5) is 40.7. The summed E-state index contributed by atoms with van der Waals surface area (Å²) < 4.78 is 5.12. The Hall–Kier alpha value is -2.41. The number of anilines is 1. The normalized spacial score (nSPS) is 16.6. The van der Waals surface area contributed by atoms with Gasteiger partial charge in [-0.2, -0.15) is 0 Å². The number of piperidine rings is 1. The molecule has 1 heterocycles. The van der Waals surface area contributed by atoms with Crippen LogP contribution in [0.4, 0.5) is 5.69 Å². The van der Waals surface area contributed by atoms with Crippen LogP contribution in [-0.2, 0) is 19.1 Å². The Labute approximate surface area is 173 Å². The Morgan fingerprint density at radius 3 is 2.41 bits per heavy atom. The maximum Gasteiger partial charge on any atom is 0.328 e. The number of rotatable bonds is 7. The van der Waals surface area contributed by atoms with Crippen molar-refractivity contribution in [2.45, 2.75) is 53.0 Å². The number of esters is 1. The summed E-state index contributed by atoms with van der Waals surface area (Å²) in [5.41, 5.74) is 4.00. The van der Waals surface area contributed by atoms with Crippen molar-refractivity contribution in [1.82, 2.24) is 9.80 Å². The number of benzene rings is 1. The van der Waals surface area contributed by atoms with E-state index in [0.29, 0.717) is 19.6 Å². The van der Waals surface area contributed by atoms with Crippen molar-refractivity contribution in [2.75, 3.05) is 38.6 Å². The summed E-state index contributed by atoms with van der Waals surface area (Å²) in [6, 6.07) is 3.54. The number of hydrogen-bond acceptors (Lipinski definition) is 5. The van der Waals surface area contributed by atoms with Gasteiger partial charge in [-0.25, -0.2) is 4.79 Å². The number of carbonyl (C=O) groups is 3. The zero-order valence-electron chi connectivity index (χ0n) is 18.2. The van der Waals surface area contributed by atoms with E-state index in [4.69, 9.17) is 4.74 Å². The third kappa shape index (κ3) is 6.29. The zero-order valence-corrected chi connectivity index (χ0v) is 18.2. The molecule has 1 aliphatic rings. The van der Waals surface area contributed by atoms with Crippen LogP contribution in [0.5, 0.6) is 0 Å². The molecule has 1 aromatic carbocycles. The van der Waals surface area contributed by atoms with Crippen molar-refractivity contribution in [2.24, 2.45) is 0 Å². The van der Waals surface area contributed by atoms with Crippen LogP contribution in [0, 0.1) is 20.8 Å². The predicted molar refractivity (Wildman–Crippen MR) is 113 cm³/mol. The highest BCUT2D eigenvalue weighted by Gasteiger charge is 2.33. The van der Waals surface area contributed by atoms with Crippen molar-refractivity contribution in [3.8, 4) is 0 Å². The second kappa shape index (κ2) is 10.4. The van der Waals surface area contributed by atoms with E-state index in [1.54, 1.807) is 23.8 Å². The minimum Gasteiger partial charge on any atom is -0.464 e. The predicted octanol–water partition coefficient (Wildman–Crippen LogP) is 2.43. The summed E-state index contributed by atoms with van der Waals surface area (Å²) in [6.07, 6.45) is 2.40. The number of nitrogens with one attached hydrogen (secondary N) is 1. The first-order chi connectivity index (χ1) is 13.7. The van der Waals surface area contributed by atoms with E-state index in [1.165, 1.54) is 0 Å². The van der Waals surface area contributed by atoms with Crippen molar-refractivity contribution >= 4 is 23.5 Å². The first kappa shape index (κ1) is 22.9. The molecule has 2 amide bonds. The summed E-state index contributed by atoms with van der Waals surface area (Å²) >= 11 is 0. The quantitative estimate of drug-likeness (QED) is 0.708. The van der Waals surface area contributed by atoms with Gasteiger partial charge in [0, 0.05) is 12.2 Å². The third-order valence-electron chi connectivity index (χ3n) is 5.14. The molecule has 29 heavy (non-hydrogen) atoms. The molecule has 0 unspecified atom stereocenters. The smallest absolute Gasteiger partial charge is 0.328 e. The maximum absolute atomic E-state index is 12.8. The van der Waals surface area contributed by atoms with Crippen LogP contribution in [0.25, 0.3) is 0 Å². The third-order valence-corrected chi connectivity index (χ3v) is 5.14. The van der Waals surface area contributed by atoms with E-state index in [9.17, 15) is 14.4 Å². The summed E-state index contributed by atoms with van der Waals surface area (Å²) in [5.74, 6) is -0.664. The molecule has 7 heteroatoms. The molecule has 1 N–H and O–H groups in total. The van der Waals surface area contributed by atoms with Crippen molar-refractivity contribution < 1.29 is 19.1 Å². The lowest BCUT2D eigenvalue weighted by Gasteiger charge is -2.35. The highest BCUT2D eigenvalue weighted by atomic mass is 16.5. The SMILES string of the molecule is CCOC(=O)[C@H]1CCCCN1C(=O)CN(C)CC(=O)Nc1c(C)cc(C)cc1C. The molecule has 0 aliphatic carbocycles. The van der Waals surface area contributed by atoms with Crippen LogP contribution in [0.1, 0.15) is 42.9 Å². The van der Waals surface area contributed by atoms with E-state index in [1.807, 2.05) is 32.9 Å². The lowest BCUT2D eigenvalue weighted by atomic mass is 10.0. The van der Waals surface area contributed by atoms with Gasteiger partial charge in [0.2, 0.25) is 11.8 Å². The minimum atomic E-state index is -0.517. The number of ether oxygens (including phenoxy) is 1. The molecule has 1 aliphatic heterocycles. The number of amides is 2. The van der Waals surface area contributed by atoms with Crippen LogP contribution < -0.4 is 5.32 Å². The van der Waals surface area contributed by atoms with E-state index in [0.717, 1.165) is 35.2 Å². The van der Waals surface area contributed by atoms with E-state index in [-0.39, 0.29) is 30.9 Å². The monoisotopic (exact) mass is 403 g/mol. The Morgan fingerprint density at radius 1 is 1.14 bits per heavy atom. The van der Waals surface area contributed by atoms with Gasteiger partial charge in [0.25, 0.3) is 0 Å². The van der Waals surface area contributed by atoms with Gasteiger partial charge in [0.05, 0.1) is 19.7 Å². The molecular weight excluding hydrogens is 370 g/mol. The van der Waals surface area contributed by atoms with Crippen LogP contribution in [0.3, 0.4) is 0 Å². The van der Waals surface area contributed by atoms with Crippen LogP contribution >= 0.6 is 0 Å². The number of carbonyl (C=O) groups excluding carboxylic acids is 3. The van der Waals surface area contributed by atoms with Gasteiger partial charge < -0.3 is 15.0 Å². The van der Waals surface area contributed by atoms with E-state index in [2.05, 4.69) is 5.32 Å². The number of hydrogen-bond donors (Lipinski definition) is 1. The Kier molecular flexibility index (Phi) is 8.20. The molecule has 0 spiro atoms. The Balaban J connectivity index is 1.93. The molecule has 1 fully saturated rings. The van der Waals surface area contributed by atoms with Crippen LogP contribution in [-0.4, -0.2) is 66.9 Å². The van der Waals surface area contributed by atoms with Gasteiger partial charge in [-0.05, 0) is 65.1 Å². The molecule has 0 aromatic heterocycles. The van der Waals surface area contributed by atoms with Gasteiger partial charge in [-0.1, -0.05) is 17.7 Å². The molecule has 2 rings (SSSR count). The first-order valence-electron chi connectivity index (χ1n) is 10.2. The molecule has 0 bridgehead atoms. The fourth-order valence-corrected chi connectivity index (χ4v) is 3.89. The van der Waals surface area contributed by atoms with Gasteiger partial charge in [-0.3, -0.25) is 14.5 Å².